The van der Waals surface area contributed by atoms with Gasteiger partial charge in [-0.1, -0.05) is 35.9 Å². The summed E-state index contributed by atoms with van der Waals surface area (Å²) in [7, 11) is 2.13. The fourth-order valence-electron chi connectivity index (χ4n) is 1.98. The summed E-state index contributed by atoms with van der Waals surface area (Å²) in [4.78, 5) is 2.31. The molecule has 2 aromatic carbocycles. The minimum Gasteiger partial charge on any atom is -0.399 e. The average molecular weight is 275 g/mol. The Morgan fingerprint density at radius 2 is 1.53 bits per heavy atom. The SMILES string of the molecule is CN(CCc1ccc(N)cc1)Cc1ccc(Cl)cc1. The van der Waals surface area contributed by atoms with Crippen LogP contribution in [0.5, 0.6) is 0 Å². The molecular weight excluding hydrogens is 256 g/mol. The lowest BCUT2D eigenvalue weighted by Gasteiger charge is -2.16. The molecule has 0 unspecified atom stereocenters. The number of benzene rings is 2. The van der Waals surface area contributed by atoms with Crippen LogP contribution in [0.4, 0.5) is 5.69 Å². The topological polar surface area (TPSA) is 29.3 Å². The molecule has 0 fully saturated rings. The van der Waals surface area contributed by atoms with Gasteiger partial charge in [-0.3, -0.25) is 0 Å². The van der Waals surface area contributed by atoms with Gasteiger partial charge in [0.1, 0.15) is 0 Å². The second-order valence-corrected chi connectivity index (χ2v) is 5.29. The van der Waals surface area contributed by atoms with Crippen molar-refractivity contribution >= 4 is 17.3 Å². The minimum atomic E-state index is 0.785. The number of nitrogens with zero attached hydrogens (tertiary/aromatic N) is 1. The molecule has 2 nitrogen and oxygen atoms in total. The van der Waals surface area contributed by atoms with Gasteiger partial charge >= 0.3 is 0 Å². The van der Waals surface area contributed by atoms with Crippen molar-refractivity contribution in [3.8, 4) is 0 Å². The van der Waals surface area contributed by atoms with Gasteiger partial charge in [0, 0.05) is 23.8 Å². The summed E-state index contributed by atoms with van der Waals surface area (Å²) >= 11 is 5.88. The number of rotatable bonds is 5. The van der Waals surface area contributed by atoms with Gasteiger partial charge in [-0.2, -0.15) is 0 Å². The van der Waals surface area contributed by atoms with Crippen LogP contribution in [0.15, 0.2) is 48.5 Å². The average Bonchev–Trinajstić information content (AvgIpc) is 2.41. The minimum absolute atomic E-state index is 0.785. The molecule has 2 aromatic rings. The summed E-state index contributed by atoms with van der Waals surface area (Å²) in [5.74, 6) is 0. The predicted octanol–water partition coefficient (Wildman–Crippen LogP) is 3.60. The van der Waals surface area contributed by atoms with E-state index in [2.05, 4.69) is 36.2 Å². The predicted molar refractivity (Wildman–Crippen MR) is 82.3 cm³/mol. The highest BCUT2D eigenvalue weighted by atomic mass is 35.5. The maximum Gasteiger partial charge on any atom is 0.0406 e. The molecule has 0 aliphatic carbocycles. The second kappa shape index (κ2) is 6.60. The number of halogens is 1. The molecule has 19 heavy (non-hydrogen) atoms. The molecule has 0 heterocycles. The molecule has 0 atom stereocenters. The molecule has 0 aromatic heterocycles. The first-order chi connectivity index (χ1) is 9.13. The van der Waals surface area contributed by atoms with Crippen molar-refractivity contribution in [1.82, 2.24) is 4.90 Å². The fraction of sp³-hybridized carbons (Fsp3) is 0.250. The zero-order chi connectivity index (χ0) is 13.7. The maximum atomic E-state index is 5.88. The quantitative estimate of drug-likeness (QED) is 0.844. The van der Waals surface area contributed by atoms with Crippen LogP contribution in [0.3, 0.4) is 0 Å². The van der Waals surface area contributed by atoms with E-state index in [9.17, 15) is 0 Å². The van der Waals surface area contributed by atoms with Crippen LogP contribution in [0.25, 0.3) is 0 Å². The largest absolute Gasteiger partial charge is 0.399 e. The summed E-state index contributed by atoms with van der Waals surface area (Å²) < 4.78 is 0. The highest BCUT2D eigenvalue weighted by Crippen LogP contribution is 2.11. The number of likely N-dealkylation sites (N-methyl/N-ethyl adjacent to an activating group) is 1. The maximum absolute atomic E-state index is 5.88. The summed E-state index contributed by atoms with van der Waals surface area (Å²) in [5, 5.41) is 0.785. The van der Waals surface area contributed by atoms with Crippen LogP contribution in [-0.2, 0) is 13.0 Å². The Labute approximate surface area is 119 Å². The number of nitrogens with two attached hydrogens (primary N) is 1. The van der Waals surface area contributed by atoms with Crippen molar-refractivity contribution in [2.75, 3.05) is 19.3 Å². The van der Waals surface area contributed by atoms with E-state index in [-0.39, 0.29) is 0 Å². The van der Waals surface area contributed by atoms with Gasteiger partial charge < -0.3 is 10.6 Å². The number of anilines is 1. The van der Waals surface area contributed by atoms with Gasteiger partial charge in [0.25, 0.3) is 0 Å². The van der Waals surface area contributed by atoms with Crippen molar-refractivity contribution in [2.24, 2.45) is 0 Å². The molecular formula is C16H19ClN2. The van der Waals surface area contributed by atoms with E-state index < -0.39 is 0 Å². The molecule has 0 bridgehead atoms. The first-order valence-electron chi connectivity index (χ1n) is 6.41. The Hall–Kier alpha value is -1.51. The zero-order valence-corrected chi connectivity index (χ0v) is 11.9. The first-order valence-corrected chi connectivity index (χ1v) is 6.79. The van der Waals surface area contributed by atoms with Crippen LogP contribution in [0, 0.1) is 0 Å². The zero-order valence-electron chi connectivity index (χ0n) is 11.1. The van der Waals surface area contributed by atoms with E-state index in [1.807, 2.05) is 24.3 Å². The van der Waals surface area contributed by atoms with Crippen molar-refractivity contribution in [2.45, 2.75) is 13.0 Å². The van der Waals surface area contributed by atoms with Crippen LogP contribution in [0.2, 0.25) is 5.02 Å². The normalized spacial score (nSPS) is 10.9. The van der Waals surface area contributed by atoms with Crippen LogP contribution in [-0.4, -0.2) is 18.5 Å². The Bertz CT molecular complexity index is 505. The molecule has 3 heteroatoms. The molecule has 2 N–H and O–H groups in total. The summed E-state index contributed by atoms with van der Waals surface area (Å²) in [6.07, 6.45) is 1.03. The lowest BCUT2D eigenvalue weighted by Crippen LogP contribution is -2.20. The summed E-state index contributed by atoms with van der Waals surface area (Å²) in [6.45, 7) is 1.96. The molecule has 0 saturated heterocycles. The van der Waals surface area contributed by atoms with Gasteiger partial charge in [-0.15, -0.1) is 0 Å². The Kier molecular flexibility index (Phi) is 4.83. The Balaban J connectivity index is 1.82. The first kappa shape index (κ1) is 13.9. The highest BCUT2D eigenvalue weighted by Gasteiger charge is 2.01. The lowest BCUT2D eigenvalue weighted by molar-refractivity contribution is 0.331. The van der Waals surface area contributed by atoms with Gasteiger partial charge in [0.2, 0.25) is 0 Å². The van der Waals surface area contributed by atoms with E-state index in [1.165, 1.54) is 11.1 Å². The standard InChI is InChI=1S/C16H19ClN2/c1-19(12-14-2-6-15(17)7-3-14)11-10-13-4-8-16(18)9-5-13/h2-9H,10-12,18H2,1H3. The molecule has 0 aliphatic heterocycles. The van der Waals surface area contributed by atoms with E-state index in [4.69, 9.17) is 17.3 Å². The Morgan fingerprint density at radius 3 is 2.16 bits per heavy atom. The van der Waals surface area contributed by atoms with E-state index >= 15 is 0 Å². The summed E-state index contributed by atoms with van der Waals surface area (Å²) in [6, 6.07) is 16.1. The van der Waals surface area contributed by atoms with Gasteiger partial charge in [-0.05, 0) is 48.9 Å². The van der Waals surface area contributed by atoms with Crippen molar-refractivity contribution in [3.05, 3.63) is 64.7 Å². The van der Waals surface area contributed by atoms with Crippen LogP contribution in [0.1, 0.15) is 11.1 Å². The van der Waals surface area contributed by atoms with Gasteiger partial charge in [-0.25, -0.2) is 0 Å². The molecule has 0 saturated carbocycles. The number of nitrogen functional groups attached to an aromatic ring is 1. The highest BCUT2D eigenvalue weighted by molar-refractivity contribution is 6.30. The summed E-state index contributed by atoms with van der Waals surface area (Å²) in [5.41, 5.74) is 9.09. The van der Waals surface area contributed by atoms with Gasteiger partial charge in [0.15, 0.2) is 0 Å². The molecule has 0 amide bonds. The smallest absolute Gasteiger partial charge is 0.0406 e. The van der Waals surface area contributed by atoms with E-state index in [1.54, 1.807) is 0 Å². The third-order valence-electron chi connectivity index (χ3n) is 3.13. The van der Waals surface area contributed by atoms with Crippen molar-refractivity contribution < 1.29 is 0 Å². The van der Waals surface area contributed by atoms with Gasteiger partial charge in [0.05, 0.1) is 0 Å². The van der Waals surface area contributed by atoms with Crippen LogP contribution < -0.4 is 5.73 Å². The molecule has 0 radical (unpaired) electrons. The van der Waals surface area contributed by atoms with E-state index in [0.717, 1.165) is 30.2 Å². The molecule has 0 aliphatic rings. The lowest BCUT2D eigenvalue weighted by atomic mass is 10.1. The molecule has 0 spiro atoms. The Morgan fingerprint density at radius 1 is 0.947 bits per heavy atom. The van der Waals surface area contributed by atoms with Crippen molar-refractivity contribution in [1.29, 1.82) is 0 Å². The second-order valence-electron chi connectivity index (χ2n) is 4.86. The van der Waals surface area contributed by atoms with Crippen molar-refractivity contribution in [3.63, 3.8) is 0 Å². The number of hydrogen-bond donors (Lipinski definition) is 1. The van der Waals surface area contributed by atoms with E-state index in [0.29, 0.717) is 0 Å². The molecule has 100 valence electrons. The van der Waals surface area contributed by atoms with Crippen LogP contribution >= 0.6 is 11.6 Å². The fourth-order valence-corrected chi connectivity index (χ4v) is 2.11. The molecule has 2 rings (SSSR count). The monoisotopic (exact) mass is 274 g/mol. The third kappa shape index (κ3) is 4.58. The number of hydrogen-bond acceptors (Lipinski definition) is 2. The third-order valence-corrected chi connectivity index (χ3v) is 3.38.